The first-order valence-corrected chi connectivity index (χ1v) is 4.84. The summed E-state index contributed by atoms with van der Waals surface area (Å²) >= 11 is 0. The molecule has 2 rings (SSSR count). The van der Waals surface area contributed by atoms with Crippen LogP contribution in [0, 0.1) is 10.1 Å². The lowest BCUT2D eigenvalue weighted by atomic mass is 10.2. The van der Waals surface area contributed by atoms with Crippen LogP contribution in [0.25, 0.3) is 0 Å². The monoisotopic (exact) mass is 238 g/mol. The minimum Gasteiger partial charge on any atom is -0.481 e. The lowest BCUT2D eigenvalue weighted by Crippen LogP contribution is -2.40. The molecular formula is C10H10N2O5. The number of benzene rings is 1. The van der Waals surface area contributed by atoms with Crippen LogP contribution >= 0.6 is 0 Å². The van der Waals surface area contributed by atoms with Gasteiger partial charge in [0.15, 0.2) is 18.0 Å². The summed E-state index contributed by atoms with van der Waals surface area (Å²) in [6, 6.07) is 4.42. The van der Waals surface area contributed by atoms with E-state index in [1.165, 1.54) is 24.1 Å². The highest BCUT2D eigenvalue weighted by Crippen LogP contribution is 2.39. The van der Waals surface area contributed by atoms with Crippen molar-refractivity contribution in [3.63, 3.8) is 0 Å². The molecule has 7 nitrogen and oxygen atoms in total. The Morgan fingerprint density at radius 2 is 2.35 bits per heavy atom. The van der Waals surface area contributed by atoms with E-state index in [1.807, 2.05) is 0 Å². The van der Waals surface area contributed by atoms with Gasteiger partial charge in [-0.25, -0.2) is 0 Å². The van der Waals surface area contributed by atoms with Gasteiger partial charge in [-0.2, -0.15) is 0 Å². The predicted octanol–water partition coefficient (Wildman–Crippen LogP) is 0.924. The average Bonchev–Trinajstić information content (AvgIpc) is 2.32. The standard InChI is InChI=1S/C10H10N2O5/c1-16-6-11-9(13)5-17-8-4-2-3-7(10(8)11)12(14)15/h2-4H,5-6H2,1H3. The number of nitro groups is 1. The lowest BCUT2D eigenvalue weighted by Gasteiger charge is -2.27. The van der Waals surface area contributed by atoms with E-state index in [1.54, 1.807) is 6.07 Å². The van der Waals surface area contributed by atoms with E-state index in [9.17, 15) is 14.9 Å². The average molecular weight is 238 g/mol. The molecule has 0 unspecified atom stereocenters. The van der Waals surface area contributed by atoms with Gasteiger partial charge in [0.1, 0.15) is 6.73 Å². The second-order valence-electron chi connectivity index (χ2n) is 3.41. The molecule has 0 aliphatic carbocycles. The summed E-state index contributed by atoms with van der Waals surface area (Å²) in [5.41, 5.74) is -0.0248. The number of anilines is 1. The normalized spacial score (nSPS) is 14.2. The van der Waals surface area contributed by atoms with Gasteiger partial charge in [-0.1, -0.05) is 6.07 Å². The summed E-state index contributed by atoms with van der Waals surface area (Å²) in [5.74, 6) is -0.0514. The number of rotatable bonds is 3. The fourth-order valence-corrected chi connectivity index (χ4v) is 1.65. The van der Waals surface area contributed by atoms with Crippen molar-refractivity contribution in [3.8, 4) is 5.75 Å². The van der Waals surface area contributed by atoms with E-state index in [0.29, 0.717) is 5.75 Å². The molecule has 0 saturated carbocycles. The third-order valence-corrected chi connectivity index (χ3v) is 2.35. The van der Waals surface area contributed by atoms with Crippen LogP contribution in [-0.2, 0) is 9.53 Å². The Labute approximate surface area is 96.7 Å². The molecule has 1 aromatic carbocycles. The highest BCUT2D eigenvalue weighted by atomic mass is 16.6. The highest BCUT2D eigenvalue weighted by Gasteiger charge is 2.32. The van der Waals surface area contributed by atoms with Crippen molar-refractivity contribution in [1.29, 1.82) is 0 Å². The van der Waals surface area contributed by atoms with Gasteiger partial charge in [0.2, 0.25) is 0 Å². The third-order valence-electron chi connectivity index (χ3n) is 2.35. The summed E-state index contributed by atoms with van der Waals surface area (Å²) in [5, 5.41) is 10.9. The van der Waals surface area contributed by atoms with Crippen molar-refractivity contribution in [2.75, 3.05) is 25.3 Å². The van der Waals surface area contributed by atoms with Gasteiger partial charge in [-0.15, -0.1) is 0 Å². The zero-order valence-electron chi connectivity index (χ0n) is 9.08. The Balaban J connectivity index is 2.55. The number of amides is 1. The molecule has 1 amide bonds. The topological polar surface area (TPSA) is 81.9 Å². The third kappa shape index (κ3) is 1.92. The van der Waals surface area contributed by atoms with Crippen LogP contribution in [0.4, 0.5) is 11.4 Å². The van der Waals surface area contributed by atoms with Crippen LogP contribution in [0.3, 0.4) is 0 Å². The SMILES string of the molecule is COCN1C(=O)COc2cccc([N+](=O)[O-])c21. The lowest BCUT2D eigenvalue weighted by molar-refractivity contribution is -0.384. The fourth-order valence-electron chi connectivity index (χ4n) is 1.65. The number of ether oxygens (including phenoxy) is 2. The van der Waals surface area contributed by atoms with Gasteiger partial charge in [0.25, 0.3) is 11.6 Å². The maximum absolute atomic E-state index is 11.6. The van der Waals surface area contributed by atoms with Crippen LogP contribution in [-0.4, -0.2) is 31.3 Å². The predicted molar refractivity (Wildman–Crippen MR) is 58.0 cm³/mol. The van der Waals surface area contributed by atoms with Crippen molar-refractivity contribution in [2.24, 2.45) is 0 Å². The summed E-state index contributed by atoms with van der Waals surface area (Å²) in [7, 11) is 1.41. The molecule has 17 heavy (non-hydrogen) atoms. The molecule has 1 heterocycles. The Morgan fingerprint density at radius 3 is 3.00 bits per heavy atom. The molecule has 1 aliphatic heterocycles. The summed E-state index contributed by atoms with van der Waals surface area (Å²) < 4.78 is 10.0. The number of para-hydroxylation sites is 1. The number of nitrogens with zero attached hydrogens (tertiary/aromatic N) is 2. The zero-order chi connectivity index (χ0) is 12.4. The van der Waals surface area contributed by atoms with Gasteiger partial charge >= 0.3 is 0 Å². The van der Waals surface area contributed by atoms with Crippen molar-refractivity contribution in [1.82, 2.24) is 0 Å². The maximum Gasteiger partial charge on any atom is 0.296 e. The number of hydrogen-bond acceptors (Lipinski definition) is 5. The molecule has 1 aliphatic rings. The molecule has 0 radical (unpaired) electrons. The fraction of sp³-hybridized carbons (Fsp3) is 0.300. The first kappa shape index (κ1) is 11.3. The Kier molecular flexibility index (Phi) is 2.92. The van der Waals surface area contributed by atoms with Crippen LogP contribution in [0.1, 0.15) is 0 Å². The first-order chi connectivity index (χ1) is 8.15. The minimum atomic E-state index is -0.552. The van der Waals surface area contributed by atoms with Crippen molar-refractivity contribution < 1.29 is 19.2 Å². The molecule has 7 heteroatoms. The molecule has 90 valence electrons. The molecule has 0 bridgehead atoms. The number of methoxy groups -OCH3 is 1. The van der Waals surface area contributed by atoms with Crippen LogP contribution in [0.2, 0.25) is 0 Å². The smallest absolute Gasteiger partial charge is 0.296 e. The first-order valence-electron chi connectivity index (χ1n) is 4.84. The zero-order valence-corrected chi connectivity index (χ0v) is 9.08. The quantitative estimate of drug-likeness (QED) is 0.577. The molecule has 0 aromatic heterocycles. The van der Waals surface area contributed by atoms with E-state index in [4.69, 9.17) is 9.47 Å². The second-order valence-corrected chi connectivity index (χ2v) is 3.41. The molecule has 1 aromatic rings. The molecule has 0 N–H and O–H groups in total. The highest BCUT2D eigenvalue weighted by molar-refractivity contribution is 6.00. The van der Waals surface area contributed by atoms with Gasteiger partial charge in [-0.05, 0) is 6.07 Å². The van der Waals surface area contributed by atoms with E-state index >= 15 is 0 Å². The minimum absolute atomic E-state index is 0.0416. The summed E-state index contributed by atoms with van der Waals surface area (Å²) in [6.07, 6.45) is 0. The largest absolute Gasteiger partial charge is 0.481 e. The number of carbonyl (C=O) groups excluding carboxylic acids is 1. The Hall–Kier alpha value is -2.15. The Bertz CT molecular complexity index is 474. The molecule has 0 fully saturated rings. The van der Waals surface area contributed by atoms with E-state index in [0.717, 1.165) is 0 Å². The maximum atomic E-state index is 11.6. The van der Waals surface area contributed by atoms with Crippen LogP contribution in [0.15, 0.2) is 18.2 Å². The number of hydrogen-bond donors (Lipinski definition) is 0. The van der Waals surface area contributed by atoms with Crippen LogP contribution in [0.5, 0.6) is 5.75 Å². The summed E-state index contributed by atoms with van der Waals surface area (Å²) in [4.78, 5) is 23.2. The van der Waals surface area contributed by atoms with Crippen molar-refractivity contribution >= 4 is 17.3 Å². The molecular weight excluding hydrogens is 228 g/mol. The molecule has 0 atom stereocenters. The Morgan fingerprint density at radius 1 is 1.59 bits per heavy atom. The van der Waals surface area contributed by atoms with E-state index in [2.05, 4.69) is 0 Å². The van der Waals surface area contributed by atoms with Crippen molar-refractivity contribution in [2.45, 2.75) is 0 Å². The summed E-state index contributed by atoms with van der Waals surface area (Å²) in [6.45, 7) is -0.183. The number of carbonyl (C=O) groups is 1. The van der Waals surface area contributed by atoms with Crippen molar-refractivity contribution in [3.05, 3.63) is 28.3 Å². The molecule has 0 spiro atoms. The van der Waals surface area contributed by atoms with Gasteiger partial charge in [0, 0.05) is 13.2 Å². The van der Waals surface area contributed by atoms with Gasteiger partial charge in [-0.3, -0.25) is 19.8 Å². The van der Waals surface area contributed by atoms with E-state index < -0.39 is 4.92 Å². The molecule has 0 saturated heterocycles. The van der Waals surface area contributed by atoms with E-state index in [-0.39, 0.29) is 30.6 Å². The number of nitro benzene ring substituents is 1. The second kappa shape index (κ2) is 4.38. The number of fused-ring (bicyclic) bond motifs is 1. The van der Waals surface area contributed by atoms with Gasteiger partial charge < -0.3 is 9.47 Å². The van der Waals surface area contributed by atoms with Gasteiger partial charge in [0.05, 0.1) is 4.92 Å². The van der Waals surface area contributed by atoms with Crippen LogP contribution < -0.4 is 9.64 Å².